The minimum absolute atomic E-state index is 0.0133. The first-order chi connectivity index (χ1) is 8.60. The Labute approximate surface area is 109 Å². The number of likely N-dealkylation sites (tertiary alicyclic amines) is 1. The molecule has 1 aliphatic rings. The van der Waals surface area contributed by atoms with Gasteiger partial charge >= 0.3 is 0 Å². The van der Waals surface area contributed by atoms with Crippen molar-refractivity contribution in [1.82, 2.24) is 4.90 Å². The third-order valence-electron chi connectivity index (χ3n) is 3.86. The van der Waals surface area contributed by atoms with E-state index in [1.165, 1.54) is 11.1 Å². The number of nitrogens with two attached hydrogens (primary N) is 1. The van der Waals surface area contributed by atoms with Crippen LogP contribution in [0.1, 0.15) is 25.0 Å². The van der Waals surface area contributed by atoms with Gasteiger partial charge in [0.05, 0.1) is 5.92 Å². The zero-order valence-electron chi connectivity index (χ0n) is 11.2. The number of rotatable bonds is 4. The molecule has 3 heteroatoms. The monoisotopic (exact) mass is 246 g/mol. The topological polar surface area (TPSA) is 46.3 Å². The highest BCUT2D eigenvalue weighted by Crippen LogP contribution is 2.24. The summed E-state index contributed by atoms with van der Waals surface area (Å²) < 4.78 is 0. The van der Waals surface area contributed by atoms with Gasteiger partial charge in [-0.3, -0.25) is 9.69 Å². The molecular formula is C15H22N2O. The minimum atomic E-state index is -0.160. The standard InChI is InChI=1S/C15H22N2O/c1-3-12-5-4-6-13(7-12)9-17-8-11(2)14(10-17)15(16)18/h4-7,11,14H,3,8-10H2,1-2H3,(H2,16,18)/t11-,14-/m1/s1. The molecule has 1 fully saturated rings. The van der Waals surface area contributed by atoms with Crippen LogP contribution in [0.3, 0.4) is 0 Å². The van der Waals surface area contributed by atoms with Gasteiger partial charge in [0.2, 0.25) is 5.91 Å². The maximum absolute atomic E-state index is 11.3. The van der Waals surface area contributed by atoms with Crippen LogP contribution >= 0.6 is 0 Å². The van der Waals surface area contributed by atoms with Crippen LogP contribution in [-0.4, -0.2) is 23.9 Å². The van der Waals surface area contributed by atoms with Gasteiger partial charge < -0.3 is 5.73 Å². The number of carbonyl (C=O) groups is 1. The van der Waals surface area contributed by atoms with E-state index in [0.29, 0.717) is 5.92 Å². The third kappa shape index (κ3) is 2.91. The van der Waals surface area contributed by atoms with Gasteiger partial charge in [0.25, 0.3) is 0 Å². The Morgan fingerprint density at radius 3 is 2.72 bits per heavy atom. The number of benzene rings is 1. The Balaban J connectivity index is 2.00. The number of hydrogen-bond acceptors (Lipinski definition) is 2. The molecule has 0 unspecified atom stereocenters. The predicted molar refractivity (Wildman–Crippen MR) is 72.9 cm³/mol. The number of primary amides is 1. The van der Waals surface area contributed by atoms with Gasteiger partial charge in [0.15, 0.2) is 0 Å². The van der Waals surface area contributed by atoms with Crippen molar-refractivity contribution >= 4 is 5.91 Å². The van der Waals surface area contributed by atoms with E-state index in [-0.39, 0.29) is 11.8 Å². The lowest BCUT2D eigenvalue weighted by atomic mass is 9.98. The van der Waals surface area contributed by atoms with E-state index < -0.39 is 0 Å². The Morgan fingerprint density at radius 1 is 1.39 bits per heavy atom. The second-order valence-corrected chi connectivity index (χ2v) is 5.35. The molecule has 1 aromatic carbocycles. The second-order valence-electron chi connectivity index (χ2n) is 5.35. The Bertz CT molecular complexity index is 430. The van der Waals surface area contributed by atoms with Crippen molar-refractivity contribution in [2.24, 2.45) is 17.6 Å². The van der Waals surface area contributed by atoms with Crippen LogP contribution < -0.4 is 5.73 Å². The van der Waals surface area contributed by atoms with Crippen molar-refractivity contribution in [3.05, 3.63) is 35.4 Å². The van der Waals surface area contributed by atoms with E-state index in [0.717, 1.165) is 26.1 Å². The molecule has 2 atom stereocenters. The van der Waals surface area contributed by atoms with Gasteiger partial charge in [-0.05, 0) is 23.5 Å². The first-order valence-corrected chi connectivity index (χ1v) is 6.69. The highest BCUT2D eigenvalue weighted by molar-refractivity contribution is 5.77. The molecule has 1 saturated heterocycles. The molecule has 1 amide bonds. The average molecular weight is 246 g/mol. The van der Waals surface area contributed by atoms with Crippen LogP contribution in [0.2, 0.25) is 0 Å². The molecule has 0 aromatic heterocycles. The summed E-state index contributed by atoms with van der Waals surface area (Å²) >= 11 is 0. The summed E-state index contributed by atoms with van der Waals surface area (Å²) in [5.74, 6) is 0.225. The molecule has 0 spiro atoms. The van der Waals surface area contributed by atoms with Gasteiger partial charge in [-0.2, -0.15) is 0 Å². The Morgan fingerprint density at radius 2 is 2.11 bits per heavy atom. The number of aryl methyl sites for hydroxylation is 1. The van der Waals surface area contributed by atoms with Crippen molar-refractivity contribution < 1.29 is 4.79 Å². The van der Waals surface area contributed by atoms with E-state index >= 15 is 0 Å². The fourth-order valence-electron chi connectivity index (χ4n) is 2.77. The molecule has 0 radical (unpaired) electrons. The number of nitrogens with zero attached hydrogens (tertiary/aromatic N) is 1. The van der Waals surface area contributed by atoms with E-state index in [4.69, 9.17) is 5.73 Å². The van der Waals surface area contributed by atoms with E-state index in [1.54, 1.807) is 0 Å². The van der Waals surface area contributed by atoms with E-state index in [9.17, 15) is 4.79 Å². The molecule has 0 aliphatic carbocycles. The van der Waals surface area contributed by atoms with Gasteiger partial charge in [-0.15, -0.1) is 0 Å². The minimum Gasteiger partial charge on any atom is -0.369 e. The normalized spacial score (nSPS) is 24.3. The largest absolute Gasteiger partial charge is 0.369 e. The van der Waals surface area contributed by atoms with Crippen LogP contribution in [0.5, 0.6) is 0 Å². The summed E-state index contributed by atoms with van der Waals surface area (Å²) in [6, 6.07) is 8.67. The van der Waals surface area contributed by atoms with Crippen molar-refractivity contribution in [1.29, 1.82) is 0 Å². The van der Waals surface area contributed by atoms with Gasteiger partial charge in [0.1, 0.15) is 0 Å². The van der Waals surface area contributed by atoms with Crippen LogP contribution in [0, 0.1) is 11.8 Å². The highest BCUT2D eigenvalue weighted by atomic mass is 16.1. The van der Waals surface area contributed by atoms with Gasteiger partial charge in [-0.25, -0.2) is 0 Å². The Kier molecular flexibility index (Phi) is 4.02. The van der Waals surface area contributed by atoms with Crippen molar-refractivity contribution in [2.75, 3.05) is 13.1 Å². The molecule has 0 bridgehead atoms. The first-order valence-electron chi connectivity index (χ1n) is 6.69. The molecule has 0 saturated carbocycles. The first kappa shape index (κ1) is 13.1. The molecule has 1 aromatic rings. The van der Waals surface area contributed by atoms with Gasteiger partial charge in [0, 0.05) is 19.6 Å². The SMILES string of the molecule is CCc1cccc(CN2C[C@@H](C)[C@H](C(N)=O)C2)c1. The smallest absolute Gasteiger partial charge is 0.222 e. The molecule has 1 aliphatic heterocycles. The molecule has 3 nitrogen and oxygen atoms in total. The molecular weight excluding hydrogens is 224 g/mol. The van der Waals surface area contributed by atoms with Crippen LogP contribution in [0.4, 0.5) is 0 Å². The summed E-state index contributed by atoms with van der Waals surface area (Å²) in [5.41, 5.74) is 8.12. The van der Waals surface area contributed by atoms with E-state index in [1.807, 2.05) is 0 Å². The second kappa shape index (κ2) is 5.53. The lowest BCUT2D eigenvalue weighted by Crippen LogP contribution is -2.29. The van der Waals surface area contributed by atoms with E-state index in [2.05, 4.69) is 43.0 Å². The zero-order chi connectivity index (χ0) is 13.1. The van der Waals surface area contributed by atoms with Crippen molar-refractivity contribution in [3.63, 3.8) is 0 Å². The molecule has 1 heterocycles. The number of hydrogen-bond donors (Lipinski definition) is 1. The summed E-state index contributed by atoms with van der Waals surface area (Å²) in [6.07, 6.45) is 1.06. The maximum Gasteiger partial charge on any atom is 0.222 e. The average Bonchev–Trinajstić information content (AvgIpc) is 2.70. The summed E-state index contributed by atoms with van der Waals surface area (Å²) in [7, 11) is 0. The third-order valence-corrected chi connectivity index (χ3v) is 3.86. The predicted octanol–water partition coefficient (Wildman–Crippen LogP) is 1.80. The Hall–Kier alpha value is -1.35. The molecule has 98 valence electrons. The summed E-state index contributed by atoms with van der Waals surface area (Å²) in [4.78, 5) is 13.6. The molecule has 2 rings (SSSR count). The molecule has 18 heavy (non-hydrogen) atoms. The fourth-order valence-corrected chi connectivity index (χ4v) is 2.77. The fraction of sp³-hybridized carbons (Fsp3) is 0.533. The summed E-state index contributed by atoms with van der Waals surface area (Å²) in [5, 5.41) is 0. The molecule has 2 N–H and O–H groups in total. The van der Waals surface area contributed by atoms with Crippen LogP contribution in [0.15, 0.2) is 24.3 Å². The van der Waals surface area contributed by atoms with Crippen molar-refractivity contribution in [3.8, 4) is 0 Å². The van der Waals surface area contributed by atoms with Gasteiger partial charge in [-0.1, -0.05) is 38.1 Å². The zero-order valence-corrected chi connectivity index (χ0v) is 11.2. The van der Waals surface area contributed by atoms with Crippen LogP contribution in [-0.2, 0) is 17.8 Å². The quantitative estimate of drug-likeness (QED) is 0.880. The lowest BCUT2D eigenvalue weighted by Gasteiger charge is -2.15. The lowest BCUT2D eigenvalue weighted by molar-refractivity contribution is -0.122. The highest BCUT2D eigenvalue weighted by Gasteiger charge is 2.33. The van der Waals surface area contributed by atoms with Crippen LogP contribution in [0.25, 0.3) is 0 Å². The number of amides is 1. The summed E-state index contributed by atoms with van der Waals surface area (Å²) in [6.45, 7) is 6.96. The number of carbonyl (C=O) groups excluding carboxylic acids is 1. The maximum atomic E-state index is 11.3. The van der Waals surface area contributed by atoms with Crippen molar-refractivity contribution in [2.45, 2.75) is 26.8 Å².